The summed E-state index contributed by atoms with van der Waals surface area (Å²) in [6, 6.07) is 3.53. The molecule has 4 nitrogen and oxygen atoms in total. The van der Waals surface area contributed by atoms with Gasteiger partial charge >= 0.3 is 6.18 Å². The Bertz CT molecular complexity index is 482. The molecule has 1 aromatic rings. The molecule has 1 amide bonds. The van der Waals surface area contributed by atoms with Crippen LogP contribution in [0.25, 0.3) is 0 Å². The summed E-state index contributed by atoms with van der Waals surface area (Å²) >= 11 is 0. The number of hydrogen-bond donors (Lipinski definition) is 2. The molecule has 0 saturated carbocycles. The lowest BCUT2D eigenvalue weighted by Gasteiger charge is -2.23. The Hall–Kier alpha value is -1.76. The van der Waals surface area contributed by atoms with Gasteiger partial charge in [-0.2, -0.15) is 13.2 Å². The zero-order chi connectivity index (χ0) is 14.0. The van der Waals surface area contributed by atoms with Crippen LogP contribution in [0.15, 0.2) is 18.2 Å². The summed E-state index contributed by atoms with van der Waals surface area (Å²) in [5, 5.41) is 0. The Morgan fingerprint density at radius 1 is 1.26 bits per heavy atom. The number of nitrogens with one attached hydrogen (secondary N) is 1. The van der Waals surface area contributed by atoms with Crippen molar-refractivity contribution >= 4 is 11.6 Å². The highest BCUT2D eigenvalue weighted by Crippen LogP contribution is 2.38. The number of carbonyl (C=O) groups excluding carboxylic acids is 1. The van der Waals surface area contributed by atoms with Crippen molar-refractivity contribution in [2.75, 3.05) is 18.0 Å². The number of halogens is 3. The van der Waals surface area contributed by atoms with Gasteiger partial charge in [0.2, 0.25) is 0 Å². The van der Waals surface area contributed by atoms with Crippen LogP contribution in [0.1, 0.15) is 28.8 Å². The van der Waals surface area contributed by atoms with Crippen LogP contribution in [0.4, 0.5) is 18.9 Å². The topological polar surface area (TPSA) is 58.4 Å². The number of nitrogens with zero attached hydrogens (tertiary/aromatic N) is 1. The highest BCUT2D eigenvalue weighted by atomic mass is 19.4. The maximum atomic E-state index is 13.1. The van der Waals surface area contributed by atoms with Gasteiger partial charge in [0.25, 0.3) is 5.91 Å². The number of amides is 1. The first-order valence-corrected chi connectivity index (χ1v) is 5.90. The molecule has 0 spiro atoms. The zero-order valence-electron chi connectivity index (χ0n) is 10.1. The van der Waals surface area contributed by atoms with Crippen molar-refractivity contribution < 1.29 is 18.0 Å². The normalized spacial score (nSPS) is 15.7. The van der Waals surface area contributed by atoms with Crippen molar-refractivity contribution in [3.8, 4) is 0 Å². The van der Waals surface area contributed by atoms with Gasteiger partial charge in [-0.1, -0.05) is 0 Å². The van der Waals surface area contributed by atoms with Gasteiger partial charge < -0.3 is 4.90 Å². The van der Waals surface area contributed by atoms with Crippen LogP contribution in [0, 0.1) is 0 Å². The first-order valence-electron chi connectivity index (χ1n) is 5.90. The zero-order valence-corrected chi connectivity index (χ0v) is 10.1. The van der Waals surface area contributed by atoms with Gasteiger partial charge in [-0.05, 0) is 31.0 Å². The summed E-state index contributed by atoms with van der Waals surface area (Å²) in [7, 11) is 0. The highest BCUT2D eigenvalue weighted by Gasteiger charge is 2.36. The lowest BCUT2D eigenvalue weighted by Crippen LogP contribution is -2.30. The Kier molecular flexibility index (Phi) is 3.66. The molecule has 104 valence electrons. The second-order valence-electron chi connectivity index (χ2n) is 4.40. The van der Waals surface area contributed by atoms with E-state index in [1.165, 1.54) is 12.1 Å². The fourth-order valence-corrected chi connectivity index (χ4v) is 2.22. The van der Waals surface area contributed by atoms with Crippen LogP contribution in [0.5, 0.6) is 0 Å². The minimum Gasteiger partial charge on any atom is -0.371 e. The van der Waals surface area contributed by atoms with E-state index >= 15 is 0 Å². The van der Waals surface area contributed by atoms with E-state index in [1.54, 1.807) is 4.90 Å². The van der Waals surface area contributed by atoms with Crippen LogP contribution in [0.3, 0.4) is 0 Å². The standard InChI is InChI=1S/C12H14F3N3O/c13-12(14,15)9-7-8(11(19)17-16)3-4-10(9)18-5-1-2-6-18/h3-4,7H,1-2,5-6,16H2,(H,17,19). The second-order valence-corrected chi connectivity index (χ2v) is 4.40. The molecule has 0 unspecified atom stereocenters. The lowest BCUT2D eigenvalue weighted by atomic mass is 10.1. The van der Waals surface area contributed by atoms with E-state index in [2.05, 4.69) is 0 Å². The van der Waals surface area contributed by atoms with Crippen molar-refractivity contribution in [1.82, 2.24) is 5.43 Å². The molecule has 2 rings (SSSR count). The number of nitrogen functional groups attached to an aromatic ring is 1. The van der Waals surface area contributed by atoms with Gasteiger partial charge in [-0.15, -0.1) is 0 Å². The molecule has 19 heavy (non-hydrogen) atoms. The first-order chi connectivity index (χ1) is 8.93. The Balaban J connectivity index is 2.45. The highest BCUT2D eigenvalue weighted by molar-refractivity contribution is 5.94. The molecule has 0 radical (unpaired) electrons. The monoisotopic (exact) mass is 273 g/mol. The fourth-order valence-electron chi connectivity index (χ4n) is 2.22. The third-order valence-corrected chi connectivity index (χ3v) is 3.14. The van der Waals surface area contributed by atoms with Crippen molar-refractivity contribution in [3.05, 3.63) is 29.3 Å². The number of hydrazine groups is 1. The van der Waals surface area contributed by atoms with Gasteiger partial charge in [0.1, 0.15) is 0 Å². The second kappa shape index (κ2) is 5.08. The molecule has 3 N–H and O–H groups in total. The van der Waals surface area contributed by atoms with Gasteiger partial charge in [0.15, 0.2) is 0 Å². The summed E-state index contributed by atoms with van der Waals surface area (Å²) in [6.45, 7) is 1.21. The predicted octanol–water partition coefficient (Wildman–Crippen LogP) is 1.91. The minimum atomic E-state index is -4.50. The third kappa shape index (κ3) is 2.81. The largest absolute Gasteiger partial charge is 0.418 e. The summed E-state index contributed by atoms with van der Waals surface area (Å²) < 4.78 is 39.2. The van der Waals surface area contributed by atoms with E-state index < -0.39 is 17.6 Å². The molecule has 1 aliphatic rings. The average molecular weight is 273 g/mol. The van der Waals surface area contributed by atoms with E-state index in [9.17, 15) is 18.0 Å². The fraction of sp³-hybridized carbons (Fsp3) is 0.417. The molecule has 1 fully saturated rings. The lowest BCUT2D eigenvalue weighted by molar-refractivity contribution is -0.137. The Morgan fingerprint density at radius 3 is 2.42 bits per heavy atom. The third-order valence-electron chi connectivity index (χ3n) is 3.14. The van der Waals surface area contributed by atoms with Gasteiger partial charge in [0, 0.05) is 24.3 Å². The van der Waals surface area contributed by atoms with Crippen LogP contribution < -0.4 is 16.2 Å². The SMILES string of the molecule is NNC(=O)c1ccc(N2CCCC2)c(C(F)(F)F)c1. The van der Waals surface area contributed by atoms with Crippen molar-refractivity contribution in [1.29, 1.82) is 0 Å². The summed E-state index contributed by atoms with van der Waals surface area (Å²) in [5.74, 6) is 4.19. The number of hydrogen-bond acceptors (Lipinski definition) is 3. The van der Waals surface area contributed by atoms with Gasteiger partial charge in [-0.3, -0.25) is 10.2 Å². The molecular weight excluding hydrogens is 259 g/mol. The maximum Gasteiger partial charge on any atom is 0.418 e. The summed E-state index contributed by atoms with van der Waals surface area (Å²) in [5.41, 5.74) is 1.06. The molecule has 0 aromatic heterocycles. The molecule has 1 aromatic carbocycles. The number of alkyl halides is 3. The van der Waals surface area contributed by atoms with E-state index in [0.29, 0.717) is 13.1 Å². The number of benzene rings is 1. The average Bonchev–Trinajstić information content (AvgIpc) is 2.90. The molecular formula is C12H14F3N3O. The van der Waals surface area contributed by atoms with Crippen molar-refractivity contribution in [2.45, 2.75) is 19.0 Å². The summed E-state index contributed by atoms with van der Waals surface area (Å²) in [6.07, 6.45) is -2.74. The molecule has 0 bridgehead atoms. The number of anilines is 1. The van der Waals surface area contributed by atoms with Gasteiger partial charge in [-0.25, -0.2) is 5.84 Å². The Morgan fingerprint density at radius 2 is 1.89 bits per heavy atom. The molecule has 0 atom stereocenters. The molecule has 7 heteroatoms. The maximum absolute atomic E-state index is 13.1. The number of carbonyl (C=O) groups is 1. The van der Waals surface area contributed by atoms with E-state index in [4.69, 9.17) is 5.84 Å². The van der Waals surface area contributed by atoms with Crippen molar-refractivity contribution in [2.24, 2.45) is 5.84 Å². The quantitative estimate of drug-likeness (QED) is 0.491. The number of rotatable bonds is 2. The molecule has 1 heterocycles. The van der Waals surface area contributed by atoms with Crippen LogP contribution in [0.2, 0.25) is 0 Å². The summed E-state index contributed by atoms with van der Waals surface area (Å²) in [4.78, 5) is 13.0. The molecule has 1 aliphatic heterocycles. The van der Waals surface area contributed by atoms with E-state index in [-0.39, 0.29) is 11.3 Å². The van der Waals surface area contributed by atoms with Gasteiger partial charge in [0.05, 0.1) is 5.56 Å². The van der Waals surface area contributed by atoms with Crippen molar-refractivity contribution in [3.63, 3.8) is 0 Å². The molecule has 1 saturated heterocycles. The Labute approximate surface area is 108 Å². The van der Waals surface area contributed by atoms with Crippen LogP contribution >= 0.6 is 0 Å². The van der Waals surface area contributed by atoms with E-state index in [1.807, 2.05) is 5.43 Å². The first kappa shape index (κ1) is 13.7. The number of nitrogens with two attached hydrogens (primary N) is 1. The van der Waals surface area contributed by atoms with Crippen LogP contribution in [-0.4, -0.2) is 19.0 Å². The predicted molar refractivity (Wildman–Crippen MR) is 64.5 cm³/mol. The minimum absolute atomic E-state index is 0.0993. The smallest absolute Gasteiger partial charge is 0.371 e. The van der Waals surface area contributed by atoms with Crippen LogP contribution in [-0.2, 0) is 6.18 Å². The van der Waals surface area contributed by atoms with E-state index in [0.717, 1.165) is 18.9 Å². The molecule has 0 aliphatic carbocycles.